The van der Waals surface area contributed by atoms with Gasteiger partial charge in [-0.25, -0.2) is 0 Å². The lowest BCUT2D eigenvalue weighted by atomic mass is 10.1. The molecule has 4 rings (SSSR count). The maximum Gasteiger partial charge on any atom is 0.294 e. The average Bonchev–Trinajstić information content (AvgIpc) is 3.16. The number of carbonyl (C=O) groups excluding carboxylic acids is 1. The summed E-state index contributed by atoms with van der Waals surface area (Å²) in [5.74, 6) is 1.56. The zero-order valence-corrected chi connectivity index (χ0v) is 16.2. The number of ketones is 1. The van der Waals surface area contributed by atoms with Crippen molar-refractivity contribution in [3.05, 3.63) is 70.3 Å². The number of nitrogens with one attached hydrogen (secondary N) is 1. The van der Waals surface area contributed by atoms with Crippen LogP contribution >= 0.6 is 0 Å². The number of ether oxygens (including phenoxy) is 1. The van der Waals surface area contributed by atoms with Crippen LogP contribution in [0.3, 0.4) is 0 Å². The number of benzene rings is 2. The zero-order valence-electron chi connectivity index (χ0n) is 16.2. The van der Waals surface area contributed by atoms with E-state index in [4.69, 9.17) is 4.74 Å². The van der Waals surface area contributed by atoms with Crippen LogP contribution in [0.25, 0.3) is 16.7 Å². The van der Waals surface area contributed by atoms with E-state index in [9.17, 15) is 9.59 Å². The van der Waals surface area contributed by atoms with Crippen molar-refractivity contribution in [2.24, 2.45) is 0 Å². The van der Waals surface area contributed by atoms with Gasteiger partial charge in [0.05, 0.1) is 17.6 Å². The second-order valence-electron chi connectivity index (χ2n) is 6.90. The summed E-state index contributed by atoms with van der Waals surface area (Å²) in [5.41, 5.74) is 1.92. The fourth-order valence-corrected chi connectivity index (χ4v) is 3.37. The lowest BCUT2D eigenvalue weighted by molar-refractivity contribution is 0.0973. The third-order valence-electron chi connectivity index (χ3n) is 4.77. The number of rotatable bonds is 8. The molecule has 4 aromatic rings. The van der Waals surface area contributed by atoms with Crippen LogP contribution < -0.4 is 10.3 Å². The number of aromatic nitrogens is 4. The molecule has 0 radical (unpaired) electrons. The standard InChI is InChI=1S/C22H22N4O3/c1-2-7-20-24-25-21-22(28)23-17-14-15(11-12-18(17)26(20)21)19(27)10-6-13-29-16-8-4-3-5-9-16/h3-5,8-9,11-12,14H,2,6-7,10,13H2,1H3,(H,23,28). The Labute approximate surface area is 167 Å². The van der Waals surface area contributed by atoms with Crippen molar-refractivity contribution in [1.82, 2.24) is 19.6 Å². The highest BCUT2D eigenvalue weighted by Crippen LogP contribution is 2.18. The van der Waals surface area contributed by atoms with Gasteiger partial charge in [-0.1, -0.05) is 25.1 Å². The van der Waals surface area contributed by atoms with Gasteiger partial charge < -0.3 is 9.72 Å². The minimum absolute atomic E-state index is 0.0158. The van der Waals surface area contributed by atoms with Gasteiger partial charge >= 0.3 is 0 Å². The number of Topliss-reactive ketones (excluding diaryl/α,β-unsaturated/α-hetero) is 1. The highest BCUT2D eigenvalue weighted by molar-refractivity contribution is 5.99. The van der Waals surface area contributed by atoms with Gasteiger partial charge in [0.2, 0.25) is 5.65 Å². The zero-order chi connectivity index (χ0) is 20.2. The highest BCUT2D eigenvalue weighted by atomic mass is 16.5. The Morgan fingerprint density at radius 1 is 1.14 bits per heavy atom. The first-order valence-corrected chi connectivity index (χ1v) is 9.78. The summed E-state index contributed by atoms with van der Waals surface area (Å²) < 4.78 is 7.41. The summed E-state index contributed by atoms with van der Waals surface area (Å²) in [6, 6.07) is 14.9. The molecule has 0 saturated carbocycles. The molecule has 7 heteroatoms. The molecule has 0 atom stereocenters. The first kappa shape index (κ1) is 18.9. The predicted octanol–water partition coefficient (Wildman–Crippen LogP) is 3.57. The Balaban J connectivity index is 1.52. The van der Waals surface area contributed by atoms with E-state index in [2.05, 4.69) is 22.1 Å². The van der Waals surface area contributed by atoms with Crippen molar-refractivity contribution in [2.75, 3.05) is 6.61 Å². The maximum absolute atomic E-state index is 12.6. The Morgan fingerprint density at radius 3 is 2.76 bits per heavy atom. The molecule has 0 unspecified atom stereocenters. The van der Waals surface area contributed by atoms with Crippen molar-refractivity contribution < 1.29 is 9.53 Å². The van der Waals surface area contributed by atoms with Crippen molar-refractivity contribution in [1.29, 1.82) is 0 Å². The second-order valence-corrected chi connectivity index (χ2v) is 6.90. The summed E-state index contributed by atoms with van der Waals surface area (Å²) in [5, 5.41) is 8.15. The number of H-pyrrole nitrogens is 1. The Bertz CT molecular complexity index is 1210. The second kappa shape index (κ2) is 8.26. The van der Waals surface area contributed by atoms with E-state index in [1.807, 2.05) is 36.4 Å². The fourth-order valence-electron chi connectivity index (χ4n) is 3.37. The number of para-hydroxylation sites is 1. The quantitative estimate of drug-likeness (QED) is 0.367. The van der Waals surface area contributed by atoms with E-state index >= 15 is 0 Å². The van der Waals surface area contributed by atoms with Crippen LogP contribution in [-0.2, 0) is 6.42 Å². The van der Waals surface area contributed by atoms with Crippen molar-refractivity contribution in [2.45, 2.75) is 32.6 Å². The molecule has 0 spiro atoms. The van der Waals surface area contributed by atoms with Gasteiger partial charge in [-0.15, -0.1) is 10.2 Å². The van der Waals surface area contributed by atoms with Gasteiger partial charge in [0, 0.05) is 18.4 Å². The number of aromatic amines is 1. The fraction of sp³-hybridized carbons (Fsp3) is 0.273. The molecular weight excluding hydrogens is 368 g/mol. The van der Waals surface area contributed by atoms with E-state index < -0.39 is 0 Å². The lowest BCUT2D eigenvalue weighted by Gasteiger charge is -2.07. The monoisotopic (exact) mass is 390 g/mol. The third kappa shape index (κ3) is 3.89. The molecule has 1 N–H and O–H groups in total. The molecule has 7 nitrogen and oxygen atoms in total. The van der Waals surface area contributed by atoms with Crippen LogP contribution in [-0.4, -0.2) is 32.0 Å². The Hall–Kier alpha value is -3.48. The smallest absolute Gasteiger partial charge is 0.294 e. The van der Waals surface area contributed by atoms with Crippen LogP contribution in [0.1, 0.15) is 42.4 Å². The highest BCUT2D eigenvalue weighted by Gasteiger charge is 2.14. The first-order chi connectivity index (χ1) is 14.2. The van der Waals surface area contributed by atoms with E-state index in [0.717, 1.165) is 29.9 Å². The number of aryl methyl sites for hydroxylation is 1. The minimum atomic E-state index is -0.312. The number of hydrogen-bond donors (Lipinski definition) is 1. The van der Waals surface area contributed by atoms with Gasteiger partial charge in [0.1, 0.15) is 11.6 Å². The molecule has 0 aliphatic carbocycles. The third-order valence-corrected chi connectivity index (χ3v) is 4.77. The van der Waals surface area contributed by atoms with Crippen molar-refractivity contribution in [3.63, 3.8) is 0 Å². The van der Waals surface area contributed by atoms with Gasteiger partial charge in [-0.05, 0) is 43.2 Å². The normalized spacial score (nSPS) is 11.2. The van der Waals surface area contributed by atoms with Crippen LogP contribution in [0.4, 0.5) is 0 Å². The number of fused-ring (bicyclic) bond motifs is 3. The first-order valence-electron chi connectivity index (χ1n) is 9.78. The molecule has 0 fully saturated rings. The van der Waals surface area contributed by atoms with E-state index in [0.29, 0.717) is 30.5 Å². The molecule has 0 bridgehead atoms. The van der Waals surface area contributed by atoms with Crippen LogP contribution in [0.15, 0.2) is 53.3 Å². The summed E-state index contributed by atoms with van der Waals surface area (Å²) in [7, 11) is 0. The molecule has 0 saturated heterocycles. The minimum Gasteiger partial charge on any atom is -0.494 e. The van der Waals surface area contributed by atoms with Crippen LogP contribution in [0, 0.1) is 0 Å². The molecule has 2 aromatic carbocycles. The molecule has 0 aliphatic rings. The molecule has 0 aliphatic heterocycles. The van der Waals surface area contributed by atoms with Crippen molar-refractivity contribution in [3.8, 4) is 5.75 Å². The Kier molecular flexibility index (Phi) is 5.37. The SMILES string of the molecule is CCCc1nnc2c(=O)[nH]c3cc(C(=O)CCCOc4ccccc4)ccc3n12. The van der Waals surface area contributed by atoms with E-state index in [-0.39, 0.29) is 17.0 Å². The predicted molar refractivity (Wildman–Crippen MR) is 111 cm³/mol. The molecular formula is C22H22N4O3. The topological polar surface area (TPSA) is 89.4 Å². The number of hydrogen-bond acceptors (Lipinski definition) is 5. The summed E-state index contributed by atoms with van der Waals surface area (Å²) in [4.78, 5) is 27.8. The summed E-state index contributed by atoms with van der Waals surface area (Å²) >= 11 is 0. The molecule has 29 heavy (non-hydrogen) atoms. The molecule has 2 heterocycles. The molecule has 2 aromatic heterocycles. The largest absolute Gasteiger partial charge is 0.494 e. The lowest BCUT2D eigenvalue weighted by Crippen LogP contribution is -2.12. The van der Waals surface area contributed by atoms with Crippen LogP contribution in [0.5, 0.6) is 5.75 Å². The number of carbonyl (C=O) groups is 1. The number of nitrogens with zero attached hydrogens (tertiary/aromatic N) is 3. The maximum atomic E-state index is 12.6. The average molecular weight is 390 g/mol. The Morgan fingerprint density at radius 2 is 1.97 bits per heavy atom. The molecule has 148 valence electrons. The van der Waals surface area contributed by atoms with Gasteiger partial charge in [-0.3, -0.25) is 14.0 Å². The van der Waals surface area contributed by atoms with Gasteiger partial charge in [0.15, 0.2) is 5.78 Å². The van der Waals surface area contributed by atoms with Crippen LogP contribution in [0.2, 0.25) is 0 Å². The van der Waals surface area contributed by atoms with E-state index in [1.54, 1.807) is 16.5 Å². The van der Waals surface area contributed by atoms with Crippen molar-refractivity contribution >= 4 is 22.5 Å². The van der Waals surface area contributed by atoms with Gasteiger partial charge in [0.25, 0.3) is 5.56 Å². The molecule has 0 amide bonds. The summed E-state index contributed by atoms with van der Waals surface area (Å²) in [6.45, 7) is 2.52. The summed E-state index contributed by atoms with van der Waals surface area (Å²) in [6.07, 6.45) is 2.62. The van der Waals surface area contributed by atoms with Gasteiger partial charge in [-0.2, -0.15) is 0 Å². The van der Waals surface area contributed by atoms with E-state index in [1.165, 1.54) is 0 Å².